The number of ether oxygens (including phenoxy) is 1. The van der Waals surface area contributed by atoms with Crippen LogP contribution in [-0.2, 0) is 4.74 Å². The molecule has 144 valence electrons. The Labute approximate surface area is 164 Å². The summed E-state index contributed by atoms with van der Waals surface area (Å²) < 4.78 is 5.15. The first-order chi connectivity index (χ1) is 12.9. The fraction of sp³-hybridized carbons (Fsp3) is 0.450. The van der Waals surface area contributed by atoms with Gasteiger partial charge in [-0.3, -0.25) is 9.78 Å². The number of hydrogen-bond donors (Lipinski definition) is 0. The van der Waals surface area contributed by atoms with E-state index in [1.54, 1.807) is 21.9 Å². The van der Waals surface area contributed by atoms with E-state index in [4.69, 9.17) is 16.3 Å². The number of aromatic nitrogens is 1. The second-order valence-electron chi connectivity index (χ2n) is 6.76. The molecule has 0 unspecified atom stereocenters. The fourth-order valence-corrected chi connectivity index (χ4v) is 3.42. The van der Waals surface area contributed by atoms with Gasteiger partial charge in [0.1, 0.15) is 0 Å². The Hall–Kier alpha value is -2.34. The number of aryl methyl sites for hydroxylation is 1. The molecule has 0 N–H and O–H groups in total. The third-order valence-electron chi connectivity index (χ3n) is 4.90. The monoisotopic (exact) mass is 389 g/mol. The number of pyridine rings is 1. The molecule has 2 aromatic rings. The van der Waals surface area contributed by atoms with Gasteiger partial charge in [0.05, 0.1) is 17.1 Å². The number of piperazine rings is 1. The summed E-state index contributed by atoms with van der Waals surface area (Å²) in [5.74, 6) is -0.0605. The average Bonchev–Trinajstić information content (AvgIpc) is 2.69. The lowest BCUT2D eigenvalue weighted by Crippen LogP contribution is -2.50. The highest BCUT2D eigenvalue weighted by Gasteiger charge is 2.26. The van der Waals surface area contributed by atoms with Gasteiger partial charge in [0.25, 0.3) is 5.91 Å². The SMILES string of the molecule is CCCOC(=O)N1CCN(C(=O)c2ccc3c(Cl)c(C)c(C)nc3c2)CC1. The summed E-state index contributed by atoms with van der Waals surface area (Å²) in [6.07, 6.45) is 0.489. The number of halogens is 1. The predicted molar refractivity (Wildman–Crippen MR) is 105 cm³/mol. The summed E-state index contributed by atoms with van der Waals surface area (Å²) >= 11 is 6.41. The molecule has 0 saturated carbocycles. The lowest BCUT2D eigenvalue weighted by atomic mass is 10.1. The van der Waals surface area contributed by atoms with E-state index >= 15 is 0 Å². The minimum Gasteiger partial charge on any atom is -0.449 e. The van der Waals surface area contributed by atoms with Gasteiger partial charge in [-0.05, 0) is 38.0 Å². The largest absolute Gasteiger partial charge is 0.449 e. The quantitative estimate of drug-likeness (QED) is 0.800. The van der Waals surface area contributed by atoms with Gasteiger partial charge in [-0.1, -0.05) is 24.6 Å². The van der Waals surface area contributed by atoms with Crippen molar-refractivity contribution in [3.8, 4) is 0 Å². The molecule has 7 heteroatoms. The van der Waals surface area contributed by atoms with Crippen molar-refractivity contribution in [2.75, 3.05) is 32.8 Å². The standard InChI is InChI=1S/C20H24ClN3O3/c1-4-11-27-20(26)24-9-7-23(8-10-24)19(25)15-5-6-16-17(12-15)22-14(3)13(2)18(16)21/h5-6,12H,4,7-11H2,1-3H3. The first kappa shape index (κ1) is 19.4. The normalized spacial score (nSPS) is 14.5. The van der Waals surface area contributed by atoms with Crippen molar-refractivity contribution in [3.63, 3.8) is 0 Å². The van der Waals surface area contributed by atoms with E-state index in [-0.39, 0.29) is 12.0 Å². The number of hydrogen-bond acceptors (Lipinski definition) is 4. The van der Waals surface area contributed by atoms with Crippen molar-refractivity contribution in [2.45, 2.75) is 27.2 Å². The number of amides is 2. The number of rotatable bonds is 3. The number of nitrogens with zero attached hydrogens (tertiary/aromatic N) is 3. The van der Waals surface area contributed by atoms with Gasteiger partial charge in [0, 0.05) is 42.8 Å². The van der Waals surface area contributed by atoms with Crippen LogP contribution in [0.25, 0.3) is 10.9 Å². The summed E-state index contributed by atoms with van der Waals surface area (Å²) in [5.41, 5.74) is 3.11. The van der Waals surface area contributed by atoms with E-state index in [9.17, 15) is 9.59 Å². The zero-order chi connectivity index (χ0) is 19.6. The summed E-state index contributed by atoms with van der Waals surface area (Å²) in [5, 5.41) is 1.52. The minimum absolute atomic E-state index is 0.0605. The fourth-order valence-electron chi connectivity index (χ4n) is 3.12. The molecule has 27 heavy (non-hydrogen) atoms. The van der Waals surface area contributed by atoms with E-state index in [0.29, 0.717) is 43.4 Å². The maximum Gasteiger partial charge on any atom is 0.409 e. The number of carbonyl (C=O) groups is 2. The summed E-state index contributed by atoms with van der Waals surface area (Å²) in [7, 11) is 0. The second-order valence-corrected chi connectivity index (χ2v) is 7.14. The van der Waals surface area contributed by atoms with E-state index in [0.717, 1.165) is 28.6 Å². The predicted octanol–water partition coefficient (Wildman–Crippen LogP) is 3.81. The smallest absolute Gasteiger partial charge is 0.409 e. The van der Waals surface area contributed by atoms with Gasteiger partial charge in [-0.2, -0.15) is 0 Å². The molecule has 6 nitrogen and oxygen atoms in total. The van der Waals surface area contributed by atoms with Crippen LogP contribution in [0.2, 0.25) is 5.02 Å². The van der Waals surface area contributed by atoms with Crippen molar-refractivity contribution in [1.29, 1.82) is 0 Å². The molecule has 0 spiro atoms. The van der Waals surface area contributed by atoms with Crippen molar-refractivity contribution in [3.05, 3.63) is 40.0 Å². The average molecular weight is 390 g/mol. The Morgan fingerprint density at radius 3 is 2.48 bits per heavy atom. The van der Waals surface area contributed by atoms with E-state index < -0.39 is 0 Å². The van der Waals surface area contributed by atoms with E-state index in [1.807, 2.05) is 26.8 Å². The Morgan fingerprint density at radius 2 is 1.81 bits per heavy atom. The highest BCUT2D eigenvalue weighted by atomic mass is 35.5. The van der Waals surface area contributed by atoms with Gasteiger partial charge >= 0.3 is 6.09 Å². The number of fused-ring (bicyclic) bond motifs is 1. The third-order valence-corrected chi connectivity index (χ3v) is 5.38. The second kappa shape index (κ2) is 8.13. The molecule has 1 aromatic carbocycles. The summed E-state index contributed by atoms with van der Waals surface area (Å²) in [4.78, 5) is 32.7. The molecule has 1 saturated heterocycles. The minimum atomic E-state index is -0.306. The number of carbonyl (C=O) groups excluding carboxylic acids is 2. The van der Waals surface area contributed by atoms with Crippen LogP contribution >= 0.6 is 11.6 Å². The number of benzene rings is 1. The maximum absolute atomic E-state index is 12.9. The first-order valence-electron chi connectivity index (χ1n) is 9.19. The Balaban J connectivity index is 1.72. The highest BCUT2D eigenvalue weighted by Crippen LogP contribution is 2.28. The lowest BCUT2D eigenvalue weighted by Gasteiger charge is -2.34. The molecule has 1 aliphatic heterocycles. The Kier molecular flexibility index (Phi) is 5.85. The summed E-state index contributed by atoms with van der Waals surface area (Å²) in [6.45, 7) is 8.15. The van der Waals surface area contributed by atoms with Crippen LogP contribution in [0.5, 0.6) is 0 Å². The van der Waals surface area contributed by atoms with E-state index in [2.05, 4.69) is 4.98 Å². The van der Waals surface area contributed by atoms with Gasteiger partial charge in [-0.15, -0.1) is 0 Å². The van der Waals surface area contributed by atoms with Crippen LogP contribution in [0.1, 0.15) is 35.0 Å². The van der Waals surface area contributed by atoms with Gasteiger partial charge in [-0.25, -0.2) is 4.79 Å². The third kappa shape index (κ3) is 4.00. The molecule has 1 aromatic heterocycles. The lowest BCUT2D eigenvalue weighted by molar-refractivity contribution is 0.0560. The molecule has 2 amide bonds. The van der Waals surface area contributed by atoms with E-state index in [1.165, 1.54) is 0 Å². The van der Waals surface area contributed by atoms with Crippen LogP contribution in [-0.4, -0.2) is 59.6 Å². The van der Waals surface area contributed by atoms with Gasteiger partial charge in [0.15, 0.2) is 0 Å². The van der Waals surface area contributed by atoms with Crippen molar-refractivity contribution in [1.82, 2.24) is 14.8 Å². The Morgan fingerprint density at radius 1 is 1.15 bits per heavy atom. The summed E-state index contributed by atoms with van der Waals surface area (Å²) in [6, 6.07) is 5.43. The van der Waals surface area contributed by atoms with Crippen LogP contribution < -0.4 is 0 Å². The molecule has 2 heterocycles. The molecular weight excluding hydrogens is 366 g/mol. The topological polar surface area (TPSA) is 62.7 Å². The van der Waals surface area contributed by atoms with Crippen molar-refractivity contribution >= 4 is 34.5 Å². The molecular formula is C20H24ClN3O3. The van der Waals surface area contributed by atoms with Gasteiger partial charge in [0.2, 0.25) is 0 Å². The Bertz CT molecular complexity index is 876. The van der Waals surface area contributed by atoms with Crippen molar-refractivity contribution in [2.24, 2.45) is 0 Å². The van der Waals surface area contributed by atoms with Crippen LogP contribution in [0.3, 0.4) is 0 Å². The van der Waals surface area contributed by atoms with Crippen LogP contribution in [0.4, 0.5) is 4.79 Å². The zero-order valence-electron chi connectivity index (χ0n) is 15.9. The first-order valence-corrected chi connectivity index (χ1v) is 9.57. The molecule has 3 rings (SSSR count). The molecule has 0 bridgehead atoms. The maximum atomic E-state index is 12.9. The molecule has 0 aliphatic carbocycles. The van der Waals surface area contributed by atoms with Crippen molar-refractivity contribution < 1.29 is 14.3 Å². The molecule has 0 radical (unpaired) electrons. The van der Waals surface area contributed by atoms with Crippen LogP contribution in [0.15, 0.2) is 18.2 Å². The molecule has 1 fully saturated rings. The molecule has 1 aliphatic rings. The van der Waals surface area contributed by atoms with Gasteiger partial charge < -0.3 is 14.5 Å². The molecule has 0 atom stereocenters. The zero-order valence-corrected chi connectivity index (χ0v) is 16.7. The highest BCUT2D eigenvalue weighted by molar-refractivity contribution is 6.36. The van der Waals surface area contributed by atoms with Crippen LogP contribution in [0, 0.1) is 13.8 Å².